The second kappa shape index (κ2) is 10.0. The fourth-order valence-corrected chi connectivity index (χ4v) is 2.00. The number of nitrogens with one attached hydrogen (secondary N) is 2. The van der Waals surface area contributed by atoms with Gasteiger partial charge < -0.3 is 26.6 Å². The molecule has 1 aromatic carbocycles. The van der Waals surface area contributed by atoms with Crippen molar-refractivity contribution in [2.24, 2.45) is 5.73 Å². The molecule has 0 aromatic heterocycles. The van der Waals surface area contributed by atoms with Crippen LogP contribution < -0.4 is 16.4 Å². The van der Waals surface area contributed by atoms with E-state index in [1.807, 2.05) is 0 Å². The molecular weight excluding hydrogens is 330 g/mol. The highest BCUT2D eigenvalue weighted by atomic mass is 16.4. The number of carbonyl (C=O) groups is 4. The first-order valence-electron chi connectivity index (χ1n) is 7.60. The number of nitrogens with two attached hydrogens (primary N) is 1. The summed E-state index contributed by atoms with van der Waals surface area (Å²) in [6, 6.07) is 6.61. The molecule has 0 aliphatic carbocycles. The number of carbonyl (C=O) groups excluding carboxylic acids is 2. The predicted molar refractivity (Wildman–Crippen MR) is 87.6 cm³/mol. The molecular formula is C16H21N3O6. The van der Waals surface area contributed by atoms with Crippen LogP contribution in [0.1, 0.15) is 18.4 Å². The molecule has 6 N–H and O–H groups in total. The van der Waals surface area contributed by atoms with Gasteiger partial charge in [-0.1, -0.05) is 30.3 Å². The third-order valence-corrected chi connectivity index (χ3v) is 3.35. The van der Waals surface area contributed by atoms with Gasteiger partial charge in [0.1, 0.15) is 6.04 Å². The zero-order valence-corrected chi connectivity index (χ0v) is 13.5. The summed E-state index contributed by atoms with van der Waals surface area (Å²) in [5.74, 6) is -3.62. The van der Waals surface area contributed by atoms with E-state index >= 15 is 0 Å². The van der Waals surface area contributed by atoms with E-state index in [2.05, 4.69) is 10.6 Å². The van der Waals surface area contributed by atoms with Crippen molar-refractivity contribution < 1.29 is 29.4 Å². The summed E-state index contributed by atoms with van der Waals surface area (Å²) in [5, 5.41) is 22.3. The Kier molecular flexibility index (Phi) is 8.07. The highest BCUT2D eigenvalue weighted by Gasteiger charge is 2.21. The van der Waals surface area contributed by atoms with Gasteiger partial charge in [-0.2, -0.15) is 0 Å². The third-order valence-electron chi connectivity index (χ3n) is 3.35. The van der Waals surface area contributed by atoms with E-state index in [0.29, 0.717) is 0 Å². The van der Waals surface area contributed by atoms with Gasteiger partial charge in [-0.05, 0) is 12.0 Å². The molecule has 0 radical (unpaired) electrons. The molecule has 1 aromatic rings. The summed E-state index contributed by atoms with van der Waals surface area (Å²) in [4.78, 5) is 45.1. The highest BCUT2D eigenvalue weighted by Crippen LogP contribution is 2.03. The topological polar surface area (TPSA) is 159 Å². The molecule has 0 unspecified atom stereocenters. The zero-order chi connectivity index (χ0) is 18.8. The molecule has 9 heteroatoms. The highest BCUT2D eigenvalue weighted by molar-refractivity contribution is 5.89. The van der Waals surface area contributed by atoms with E-state index in [0.717, 1.165) is 5.56 Å². The molecule has 9 nitrogen and oxygen atoms in total. The number of amides is 2. The molecule has 0 aliphatic rings. The standard InChI is InChI=1S/C16H21N3O6/c17-11(6-7-14(21)22)15(23)18-9-13(20)19-12(16(24)25)8-10-4-2-1-3-5-10/h1-5,11-12H,6-9,17H2,(H,18,23)(H,19,20)(H,21,22)(H,24,25)/t11-,12-/m0/s1. The summed E-state index contributed by atoms with van der Waals surface area (Å²) in [7, 11) is 0. The molecule has 0 heterocycles. The number of hydrogen-bond acceptors (Lipinski definition) is 5. The second-order valence-corrected chi connectivity index (χ2v) is 5.40. The summed E-state index contributed by atoms with van der Waals surface area (Å²) in [6.45, 7) is -0.446. The van der Waals surface area contributed by atoms with Crippen molar-refractivity contribution in [3.05, 3.63) is 35.9 Å². The van der Waals surface area contributed by atoms with Crippen LogP contribution in [0.4, 0.5) is 0 Å². The Hall–Kier alpha value is -2.94. The first-order chi connectivity index (χ1) is 11.8. The zero-order valence-electron chi connectivity index (χ0n) is 13.5. The maximum absolute atomic E-state index is 11.8. The molecule has 136 valence electrons. The maximum atomic E-state index is 11.8. The average molecular weight is 351 g/mol. The fourth-order valence-electron chi connectivity index (χ4n) is 2.00. The number of carboxylic acids is 2. The van der Waals surface area contributed by atoms with Gasteiger partial charge in [0.05, 0.1) is 12.6 Å². The lowest BCUT2D eigenvalue weighted by molar-refractivity contribution is -0.141. The Morgan fingerprint density at radius 2 is 1.72 bits per heavy atom. The fraction of sp³-hybridized carbons (Fsp3) is 0.375. The summed E-state index contributed by atoms with van der Waals surface area (Å²) in [6.07, 6.45) is -0.221. The van der Waals surface area contributed by atoms with Gasteiger partial charge in [0.15, 0.2) is 0 Å². The van der Waals surface area contributed by atoms with Gasteiger partial charge in [-0.15, -0.1) is 0 Å². The van der Waals surface area contributed by atoms with Crippen LogP contribution in [0.3, 0.4) is 0 Å². The van der Waals surface area contributed by atoms with Crippen LogP contribution in [0.2, 0.25) is 0 Å². The normalized spacial score (nSPS) is 12.7. The first kappa shape index (κ1) is 20.1. The molecule has 0 spiro atoms. The lowest BCUT2D eigenvalue weighted by atomic mass is 10.1. The summed E-state index contributed by atoms with van der Waals surface area (Å²) < 4.78 is 0. The molecule has 0 fully saturated rings. The smallest absolute Gasteiger partial charge is 0.326 e. The van der Waals surface area contributed by atoms with Crippen LogP contribution >= 0.6 is 0 Å². The van der Waals surface area contributed by atoms with Gasteiger partial charge >= 0.3 is 11.9 Å². The van der Waals surface area contributed by atoms with E-state index in [-0.39, 0.29) is 19.3 Å². The summed E-state index contributed by atoms with van der Waals surface area (Å²) >= 11 is 0. The lowest BCUT2D eigenvalue weighted by Gasteiger charge is -2.16. The van der Waals surface area contributed by atoms with Gasteiger partial charge in [0, 0.05) is 12.8 Å². The molecule has 25 heavy (non-hydrogen) atoms. The van der Waals surface area contributed by atoms with Crippen LogP contribution in [-0.2, 0) is 25.6 Å². The van der Waals surface area contributed by atoms with Gasteiger partial charge in [0.25, 0.3) is 0 Å². The number of aliphatic carboxylic acids is 2. The van der Waals surface area contributed by atoms with Gasteiger partial charge in [-0.3, -0.25) is 14.4 Å². The van der Waals surface area contributed by atoms with E-state index in [1.54, 1.807) is 30.3 Å². The minimum Gasteiger partial charge on any atom is -0.481 e. The number of carboxylic acid groups (broad SMARTS) is 2. The monoisotopic (exact) mass is 351 g/mol. The summed E-state index contributed by atoms with van der Waals surface area (Å²) in [5.41, 5.74) is 6.25. The van der Waals surface area contributed by atoms with Crippen molar-refractivity contribution in [2.45, 2.75) is 31.3 Å². The van der Waals surface area contributed by atoms with Gasteiger partial charge in [0.2, 0.25) is 11.8 Å². The van der Waals surface area contributed by atoms with Gasteiger partial charge in [-0.25, -0.2) is 4.79 Å². The van der Waals surface area contributed by atoms with Crippen LogP contribution in [0, 0.1) is 0 Å². The van der Waals surface area contributed by atoms with Crippen LogP contribution in [0.25, 0.3) is 0 Å². The van der Waals surface area contributed by atoms with E-state index in [9.17, 15) is 24.3 Å². The van der Waals surface area contributed by atoms with Crippen molar-refractivity contribution in [3.63, 3.8) is 0 Å². The van der Waals surface area contributed by atoms with Crippen LogP contribution in [-0.4, -0.2) is 52.6 Å². The number of benzene rings is 1. The van der Waals surface area contributed by atoms with Crippen molar-refractivity contribution in [1.82, 2.24) is 10.6 Å². The SMILES string of the molecule is N[C@@H](CCC(=O)O)C(=O)NCC(=O)N[C@@H](Cc1ccccc1)C(=O)O. The molecule has 0 aliphatic heterocycles. The Morgan fingerprint density at radius 1 is 1.08 bits per heavy atom. The van der Waals surface area contributed by atoms with E-state index in [4.69, 9.17) is 10.8 Å². The Bertz CT molecular complexity index is 620. The Labute approximate surface area is 144 Å². The molecule has 0 bridgehead atoms. The number of rotatable bonds is 10. The molecule has 1 rings (SSSR count). The molecule has 2 atom stereocenters. The van der Waals surface area contributed by atoms with E-state index in [1.165, 1.54) is 0 Å². The first-order valence-corrected chi connectivity index (χ1v) is 7.60. The van der Waals surface area contributed by atoms with Crippen LogP contribution in [0.15, 0.2) is 30.3 Å². The third kappa shape index (κ3) is 7.93. The molecule has 0 saturated carbocycles. The van der Waals surface area contributed by atoms with Crippen molar-refractivity contribution in [1.29, 1.82) is 0 Å². The Balaban J connectivity index is 2.46. The number of hydrogen-bond donors (Lipinski definition) is 5. The predicted octanol–water partition coefficient (Wildman–Crippen LogP) is -0.893. The largest absolute Gasteiger partial charge is 0.481 e. The minimum absolute atomic E-state index is 0.0610. The second-order valence-electron chi connectivity index (χ2n) is 5.40. The Morgan fingerprint density at radius 3 is 2.28 bits per heavy atom. The van der Waals surface area contributed by atoms with Crippen molar-refractivity contribution in [3.8, 4) is 0 Å². The minimum atomic E-state index is -1.19. The van der Waals surface area contributed by atoms with Crippen molar-refractivity contribution in [2.75, 3.05) is 6.54 Å². The average Bonchev–Trinajstić information content (AvgIpc) is 2.57. The molecule has 2 amide bonds. The van der Waals surface area contributed by atoms with Crippen LogP contribution in [0.5, 0.6) is 0 Å². The quantitative estimate of drug-likeness (QED) is 0.365. The maximum Gasteiger partial charge on any atom is 0.326 e. The van der Waals surface area contributed by atoms with E-state index < -0.39 is 42.4 Å². The lowest BCUT2D eigenvalue weighted by Crippen LogP contribution is -2.49. The van der Waals surface area contributed by atoms with Crippen molar-refractivity contribution >= 4 is 23.8 Å². The molecule has 0 saturated heterocycles.